The minimum Gasteiger partial charge on any atom is -0.381 e. The number of amides is 2. The quantitative estimate of drug-likeness (QED) is 0.651. The number of nitrogens with zero attached hydrogens (tertiary/aromatic N) is 1. The van der Waals surface area contributed by atoms with Gasteiger partial charge in [-0.2, -0.15) is 0 Å². The summed E-state index contributed by atoms with van der Waals surface area (Å²) in [7, 11) is 1.76. The standard InChI is InChI=1S/C22H28N2O3/c1-18(25)24(2)17-20-10-6-11-21(16-20)23-22(26)12-7-14-27-15-13-19-8-4-3-5-9-19/h3-6,8-11,16H,7,12-15,17H2,1-2H3,(H,23,26). The van der Waals surface area contributed by atoms with Crippen LogP contribution in [-0.4, -0.2) is 37.0 Å². The summed E-state index contributed by atoms with van der Waals surface area (Å²) in [6.07, 6.45) is 1.99. The van der Waals surface area contributed by atoms with Gasteiger partial charge in [0.2, 0.25) is 11.8 Å². The molecule has 2 amide bonds. The van der Waals surface area contributed by atoms with Gasteiger partial charge in [-0.3, -0.25) is 9.59 Å². The van der Waals surface area contributed by atoms with Crippen LogP contribution in [-0.2, 0) is 27.3 Å². The van der Waals surface area contributed by atoms with Gasteiger partial charge in [0.15, 0.2) is 0 Å². The first-order valence-corrected chi connectivity index (χ1v) is 9.27. The van der Waals surface area contributed by atoms with E-state index in [-0.39, 0.29) is 11.8 Å². The van der Waals surface area contributed by atoms with Gasteiger partial charge in [-0.05, 0) is 36.1 Å². The van der Waals surface area contributed by atoms with E-state index in [9.17, 15) is 9.59 Å². The van der Waals surface area contributed by atoms with Crippen molar-refractivity contribution in [3.8, 4) is 0 Å². The van der Waals surface area contributed by atoms with E-state index in [0.717, 1.165) is 17.7 Å². The van der Waals surface area contributed by atoms with Crippen LogP contribution in [0.5, 0.6) is 0 Å². The number of carbonyl (C=O) groups excluding carboxylic acids is 2. The maximum absolute atomic E-state index is 12.1. The van der Waals surface area contributed by atoms with Crippen molar-refractivity contribution in [3.63, 3.8) is 0 Å². The molecule has 0 unspecified atom stereocenters. The van der Waals surface area contributed by atoms with E-state index in [1.807, 2.05) is 42.5 Å². The molecule has 0 aliphatic carbocycles. The van der Waals surface area contributed by atoms with Crippen LogP contribution in [0.2, 0.25) is 0 Å². The van der Waals surface area contributed by atoms with E-state index >= 15 is 0 Å². The Balaban J connectivity index is 1.64. The van der Waals surface area contributed by atoms with Gasteiger partial charge in [-0.15, -0.1) is 0 Å². The largest absolute Gasteiger partial charge is 0.381 e. The first-order chi connectivity index (χ1) is 13.0. The van der Waals surface area contributed by atoms with Gasteiger partial charge in [0, 0.05) is 39.2 Å². The maximum atomic E-state index is 12.1. The minimum absolute atomic E-state index is 0.0108. The second kappa shape index (κ2) is 11.1. The van der Waals surface area contributed by atoms with E-state index in [2.05, 4.69) is 17.4 Å². The van der Waals surface area contributed by atoms with Crippen LogP contribution in [0.4, 0.5) is 5.69 Å². The van der Waals surface area contributed by atoms with Gasteiger partial charge in [-0.25, -0.2) is 0 Å². The molecule has 2 aromatic carbocycles. The molecule has 0 atom stereocenters. The lowest BCUT2D eigenvalue weighted by molar-refractivity contribution is -0.128. The predicted molar refractivity (Wildman–Crippen MR) is 107 cm³/mol. The number of nitrogens with one attached hydrogen (secondary N) is 1. The highest BCUT2D eigenvalue weighted by Crippen LogP contribution is 2.13. The normalized spacial score (nSPS) is 10.4. The van der Waals surface area contributed by atoms with Crippen LogP contribution in [0.25, 0.3) is 0 Å². The summed E-state index contributed by atoms with van der Waals surface area (Å²) >= 11 is 0. The average Bonchev–Trinajstić information content (AvgIpc) is 2.65. The maximum Gasteiger partial charge on any atom is 0.224 e. The van der Waals surface area contributed by atoms with Crippen molar-refractivity contribution in [2.24, 2.45) is 0 Å². The summed E-state index contributed by atoms with van der Waals surface area (Å²) in [6.45, 7) is 3.29. The molecule has 0 radical (unpaired) electrons. The third-order valence-corrected chi connectivity index (χ3v) is 4.24. The zero-order chi connectivity index (χ0) is 19.5. The fourth-order valence-electron chi connectivity index (χ4n) is 2.63. The Labute approximate surface area is 161 Å². The van der Waals surface area contributed by atoms with Crippen LogP contribution < -0.4 is 5.32 Å². The lowest BCUT2D eigenvalue weighted by Gasteiger charge is -2.15. The molecule has 0 aliphatic heterocycles. The van der Waals surface area contributed by atoms with Crippen molar-refractivity contribution in [2.75, 3.05) is 25.6 Å². The van der Waals surface area contributed by atoms with E-state index in [0.29, 0.717) is 32.6 Å². The van der Waals surface area contributed by atoms with Crippen LogP contribution >= 0.6 is 0 Å². The van der Waals surface area contributed by atoms with Gasteiger partial charge in [0.1, 0.15) is 0 Å². The smallest absolute Gasteiger partial charge is 0.224 e. The average molecular weight is 368 g/mol. The highest BCUT2D eigenvalue weighted by atomic mass is 16.5. The Hall–Kier alpha value is -2.66. The second-order valence-corrected chi connectivity index (χ2v) is 6.58. The topological polar surface area (TPSA) is 58.6 Å². The summed E-state index contributed by atoms with van der Waals surface area (Å²) in [6, 6.07) is 17.8. The summed E-state index contributed by atoms with van der Waals surface area (Å²) < 4.78 is 5.61. The van der Waals surface area contributed by atoms with Crippen molar-refractivity contribution in [3.05, 3.63) is 65.7 Å². The zero-order valence-electron chi connectivity index (χ0n) is 16.1. The van der Waals surface area contributed by atoms with Crippen molar-refractivity contribution in [1.82, 2.24) is 4.90 Å². The summed E-state index contributed by atoms with van der Waals surface area (Å²) in [4.78, 5) is 25.0. The minimum atomic E-state index is -0.0290. The molecule has 1 N–H and O–H groups in total. The number of rotatable bonds is 10. The molecular weight excluding hydrogens is 340 g/mol. The van der Waals surface area contributed by atoms with Gasteiger partial charge in [-0.1, -0.05) is 42.5 Å². The van der Waals surface area contributed by atoms with Crippen LogP contribution in [0.15, 0.2) is 54.6 Å². The molecule has 2 rings (SSSR count). The van der Waals surface area contributed by atoms with Crippen molar-refractivity contribution in [2.45, 2.75) is 32.7 Å². The first-order valence-electron chi connectivity index (χ1n) is 9.27. The van der Waals surface area contributed by atoms with E-state index in [1.165, 1.54) is 12.5 Å². The summed E-state index contributed by atoms with van der Waals surface area (Å²) in [5.41, 5.74) is 2.99. The number of carbonyl (C=O) groups is 2. The SMILES string of the molecule is CC(=O)N(C)Cc1cccc(NC(=O)CCCOCCc2ccccc2)c1. The highest BCUT2D eigenvalue weighted by Gasteiger charge is 2.06. The third kappa shape index (κ3) is 8.05. The molecule has 2 aromatic rings. The molecule has 0 spiro atoms. The van der Waals surface area contributed by atoms with Crippen LogP contribution in [0.3, 0.4) is 0 Å². The van der Waals surface area contributed by atoms with Crippen molar-refractivity contribution >= 4 is 17.5 Å². The van der Waals surface area contributed by atoms with Crippen LogP contribution in [0.1, 0.15) is 30.9 Å². The molecule has 27 heavy (non-hydrogen) atoms. The second-order valence-electron chi connectivity index (χ2n) is 6.58. The van der Waals surface area contributed by atoms with Gasteiger partial charge in [0.25, 0.3) is 0 Å². The monoisotopic (exact) mass is 368 g/mol. The number of ether oxygens (including phenoxy) is 1. The molecular formula is C22H28N2O3. The molecule has 0 saturated carbocycles. The lowest BCUT2D eigenvalue weighted by atomic mass is 10.2. The zero-order valence-corrected chi connectivity index (χ0v) is 16.1. The molecule has 5 heteroatoms. The fourth-order valence-corrected chi connectivity index (χ4v) is 2.63. The highest BCUT2D eigenvalue weighted by molar-refractivity contribution is 5.90. The Kier molecular flexibility index (Phi) is 8.52. The fraction of sp³-hybridized carbons (Fsp3) is 0.364. The Morgan fingerprint density at radius 1 is 1.00 bits per heavy atom. The van der Waals surface area contributed by atoms with E-state index in [1.54, 1.807) is 11.9 Å². The molecule has 0 aliphatic rings. The van der Waals surface area contributed by atoms with Crippen molar-refractivity contribution in [1.29, 1.82) is 0 Å². The number of hydrogen-bond donors (Lipinski definition) is 1. The molecule has 0 aromatic heterocycles. The lowest BCUT2D eigenvalue weighted by Crippen LogP contribution is -2.23. The Bertz CT molecular complexity index is 731. The molecule has 0 bridgehead atoms. The predicted octanol–water partition coefficient (Wildman–Crippen LogP) is 3.64. The molecule has 0 fully saturated rings. The van der Waals surface area contributed by atoms with Crippen LogP contribution in [0, 0.1) is 0 Å². The summed E-state index contributed by atoms with van der Waals surface area (Å²) in [5.74, 6) is -0.0181. The Morgan fingerprint density at radius 3 is 2.48 bits per heavy atom. The first kappa shape index (κ1) is 20.6. The van der Waals surface area contributed by atoms with E-state index in [4.69, 9.17) is 4.74 Å². The summed E-state index contributed by atoms with van der Waals surface area (Å²) in [5, 5.41) is 2.90. The molecule has 0 heterocycles. The number of anilines is 1. The molecule has 0 saturated heterocycles. The van der Waals surface area contributed by atoms with Gasteiger partial charge < -0.3 is 15.0 Å². The van der Waals surface area contributed by atoms with Crippen molar-refractivity contribution < 1.29 is 14.3 Å². The third-order valence-electron chi connectivity index (χ3n) is 4.24. The molecule has 5 nitrogen and oxygen atoms in total. The Morgan fingerprint density at radius 2 is 1.74 bits per heavy atom. The molecule has 144 valence electrons. The van der Waals surface area contributed by atoms with Gasteiger partial charge >= 0.3 is 0 Å². The number of hydrogen-bond acceptors (Lipinski definition) is 3. The number of benzene rings is 2. The van der Waals surface area contributed by atoms with Gasteiger partial charge in [0.05, 0.1) is 6.61 Å². The van der Waals surface area contributed by atoms with E-state index < -0.39 is 0 Å².